The van der Waals surface area contributed by atoms with Crippen molar-refractivity contribution < 1.29 is 13.2 Å². The molecule has 2 aromatic carbocycles. The first kappa shape index (κ1) is 23.0. The molecule has 0 bridgehead atoms. The molecule has 0 spiro atoms. The summed E-state index contributed by atoms with van der Waals surface area (Å²) in [5.41, 5.74) is 5.21. The molecule has 3 aromatic heterocycles. The van der Waals surface area contributed by atoms with Crippen LogP contribution in [0.25, 0.3) is 39.0 Å². The molecule has 5 aromatic rings. The van der Waals surface area contributed by atoms with Gasteiger partial charge in [0.15, 0.2) is 5.69 Å². The Bertz CT molecular complexity index is 1480. The van der Waals surface area contributed by atoms with E-state index < -0.39 is 11.9 Å². The van der Waals surface area contributed by atoms with E-state index in [-0.39, 0.29) is 11.6 Å². The third kappa shape index (κ3) is 4.49. The predicted molar refractivity (Wildman–Crippen MR) is 133 cm³/mol. The maximum Gasteiger partial charge on any atom is 0.433 e. The predicted octanol–water partition coefficient (Wildman–Crippen LogP) is 7.67. The van der Waals surface area contributed by atoms with Gasteiger partial charge in [-0.15, -0.1) is 11.3 Å². The van der Waals surface area contributed by atoms with E-state index in [1.165, 1.54) is 16.0 Å². The molecule has 0 aliphatic carbocycles. The molecule has 0 saturated heterocycles. The minimum Gasteiger partial charge on any atom is -0.210 e. The minimum atomic E-state index is -4.63. The number of hydrogen-bond acceptors (Lipinski definition) is 4. The van der Waals surface area contributed by atoms with Crippen molar-refractivity contribution in [3.63, 3.8) is 0 Å². The van der Waals surface area contributed by atoms with Crippen LogP contribution in [0.3, 0.4) is 0 Å². The summed E-state index contributed by atoms with van der Waals surface area (Å²) in [7, 11) is 0. The Hall–Kier alpha value is -3.78. The molecule has 0 amide bonds. The molecule has 8 heteroatoms. The van der Waals surface area contributed by atoms with Crippen molar-refractivity contribution >= 4 is 11.3 Å². The molecular weight excluding hydrogens is 469 g/mol. The molecule has 4 nitrogen and oxygen atoms in total. The lowest BCUT2D eigenvalue weighted by molar-refractivity contribution is -0.141. The molecule has 3 heterocycles. The van der Waals surface area contributed by atoms with Crippen LogP contribution in [-0.2, 0) is 6.18 Å². The molecule has 0 atom stereocenters. The average molecular weight is 491 g/mol. The minimum absolute atomic E-state index is 0.125. The number of rotatable bonds is 4. The Morgan fingerprint density at radius 3 is 2.00 bits per heavy atom. The number of aryl methyl sites for hydroxylation is 2. The maximum absolute atomic E-state index is 13.8. The fourth-order valence-electron chi connectivity index (χ4n) is 3.90. The van der Waals surface area contributed by atoms with Gasteiger partial charge in [-0.05, 0) is 38.3 Å². The Morgan fingerprint density at radius 1 is 0.800 bits per heavy atom. The van der Waals surface area contributed by atoms with Crippen molar-refractivity contribution in [3.05, 3.63) is 94.5 Å². The summed E-state index contributed by atoms with van der Waals surface area (Å²) in [4.78, 5) is 9.07. The third-order valence-electron chi connectivity index (χ3n) is 5.74. The molecule has 0 N–H and O–H groups in total. The number of nitrogens with zero attached hydrogens (tertiary/aromatic N) is 4. The second kappa shape index (κ2) is 8.78. The quantitative estimate of drug-likeness (QED) is 0.260. The highest BCUT2D eigenvalue weighted by Crippen LogP contribution is 2.36. The van der Waals surface area contributed by atoms with E-state index in [1.54, 1.807) is 17.5 Å². The molecule has 35 heavy (non-hydrogen) atoms. The van der Waals surface area contributed by atoms with Gasteiger partial charge in [-0.3, -0.25) is 0 Å². The topological polar surface area (TPSA) is 43.6 Å². The SMILES string of the molecule is Cc1ccc(-c2nn(-c3nc(-c4cccs4)cc(C(F)(F)F)n3)c(-c3ccc(C)cc3)c2C)cc1. The van der Waals surface area contributed by atoms with Gasteiger partial charge in [0, 0.05) is 16.7 Å². The zero-order valence-corrected chi connectivity index (χ0v) is 20.1. The van der Waals surface area contributed by atoms with Gasteiger partial charge in [-0.2, -0.15) is 23.0 Å². The third-order valence-corrected chi connectivity index (χ3v) is 6.63. The molecule has 0 fully saturated rings. The van der Waals surface area contributed by atoms with E-state index in [2.05, 4.69) is 9.97 Å². The van der Waals surface area contributed by atoms with Gasteiger partial charge in [0.05, 0.1) is 22.0 Å². The summed E-state index contributed by atoms with van der Waals surface area (Å²) >= 11 is 1.32. The zero-order valence-electron chi connectivity index (χ0n) is 19.3. The molecule has 0 radical (unpaired) electrons. The smallest absolute Gasteiger partial charge is 0.210 e. The standard InChI is InChI=1S/C27H21F3N4S/c1-16-6-10-19(11-7-16)24-18(3)25(20-12-8-17(2)9-13-20)34(33-24)26-31-21(22-5-4-14-35-22)15-23(32-26)27(28,29)30/h4-15H,1-3H3. The van der Waals surface area contributed by atoms with Crippen LogP contribution in [0.1, 0.15) is 22.4 Å². The Morgan fingerprint density at radius 2 is 1.43 bits per heavy atom. The van der Waals surface area contributed by atoms with Gasteiger partial charge in [0.1, 0.15) is 0 Å². The summed E-state index contributed by atoms with van der Waals surface area (Å²) in [5, 5.41) is 6.55. The van der Waals surface area contributed by atoms with Crippen LogP contribution in [0.5, 0.6) is 0 Å². The molecular formula is C27H21F3N4S. The van der Waals surface area contributed by atoms with Crippen LogP contribution < -0.4 is 0 Å². The first-order chi connectivity index (χ1) is 16.7. The Labute approximate surface area is 204 Å². The van der Waals surface area contributed by atoms with Gasteiger partial charge in [0.2, 0.25) is 0 Å². The van der Waals surface area contributed by atoms with E-state index in [4.69, 9.17) is 5.10 Å². The fourth-order valence-corrected chi connectivity index (χ4v) is 4.59. The second-order valence-electron chi connectivity index (χ2n) is 8.38. The van der Waals surface area contributed by atoms with Gasteiger partial charge < -0.3 is 0 Å². The van der Waals surface area contributed by atoms with Gasteiger partial charge in [-0.25, -0.2) is 9.97 Å². The first-order valence-corrected chi connectivity index (χ1v) is 11.8. The van der Waals surface area contributed by atoms with Crippen molar-refractivity contribution in [2.75, 3.05) is 0 Å². The highest BCUT2D eigenvalue weighted by Gasteiger charge is 2.34. The lowest BCUT2D eigenvalue weighted by Gasteiger charge is -2.12. The van der Waals surface area contributed by atoms with Crippen molar-refractivity contribution in [3.8, 4) is 39.0 Å². The highest BCUT2D eigenvalue weighted by molar-refractivity contribution is 7.13. The molecule has 5 rings (SSSR count). The highest BCUT2D eigenvalue weighted by atomic mass is 32.1. The van der Waals surface area contributed by atoms with Crippen molar-refractivity contribution in [2.45, 2.75) is 26.9 Å². The fraction of sp³-hybridized carbons (Fsp3) is 0.148. The van der Waals surface area contributed by atoms with Crippen molar-refractivity contribution in [2.24, 2.45) is 0 Å². The van der Waals surface area contributed by atoms with Crippen LogP contribution in [0, 0.1) is 20.8 Å². The van der Waals surface area contributed by atoms with Crippen LogP contribution in [0.2, 0.25) is 0 Å². The van der Waals surface area contributed by atoms with E-state index in [0.717, 1.165) is 33.9 Å². The van der Waals surface area contributed by atoms with Gasteiger partial charge >= 0.3 is 6.18 Å². The molecule has 0 aliphatic heterocycles. The normalized spacial score (nSPS) is 11.7. The first-order valence-electron chi connectivity index (χ1n) is 10.9. The van der Waals surface area contributed by atoms with Crippen LogP contribution >= 0.6 is 11.3 Å². The van der Waals surface area contributed by atoms with Crippen LogP contribution in [0.15, 0.2) is 72.1 Å². The van der Waals surface area contributed by atoms with E-state index in [1.807, 2.05) is 69.3 Å². The summed E-state index contributed by atoms with van der Waals surface area (Å²) in [5.74, 6) is -0.125. The van der Waals surface area contributed by atoms with E-state index in [9.17, 15) is 13.2 Å². The Kier molecular flexibility index (Phi) is 5.76. The summed E-state index contributed by atoms with van der Waals surface area (Å²) in [6, 6.07) is 20.2. The molecule has 0 saturated carbocycles. The maximum atomic E-state index is 13.8. The molecule has 0 aliphatic rings. The average Bonchev–Trinajstić information content (AvgIpc) is 3.48. The van der Waals surface area contributed by atoms with Crippen LogP contribution in [0.4, 0.5) is 13.2 Å². The summed E-state index contributed by atoms with van der Waals surface area (Å²) < 4.78 is 43.0. The number of hydrogen-bond donors (Lipinski definition) is 0. The monoisotopic (exact) mass is 490 g/mol. The molecule has 176 valence electrons. The number of thiophene rings is 1. The lowest BCUT2D eigenvalue weighted by atomic mass is 10.0. The number of benzene rings is 2. The molecule has 0 unspecified atom stereocenters. The second-order valence-corrected chi connectivity index (χ2v) is 9.33. The van der Waals surface area contributed by atoms with E-state index in [0.29, 0.717) is 16.3 Å². The summed E-state index contributed by atoms with van der Waals surface area (Å²) in [6.45, 7) is 5.89. The number of aromatic nitrogens is 4. The van der Waals surface area contributed by atoms with Gasteiger partial charge in [-0.1, -0.05) is 65.7 Å². The largest absolute Gasteiger partial charge is 0.433 e. The summed E-state index contributed by atoms with van der Waals surface area (Å²) in [6.07, 6.45) is -4.63. The van der Waals surface area contributed by atoms with Gasteiger partial charge in [0.25, 0.3) is 5.95 Å². The van der Waals surface area contributed by atoms with E-state index >= 15 is 0 Å². The number of alkyl halides is 3. The van der Waals surface area contributed by atoms with Crippen LogP contribution in [-0.4, -0.2) is 19.7 Å². The Balaban J connectivity index is 1.79. The zero-order chi connectivity index (χ0) is 24.7. The lowest BCUT2D eigenvalue weighted by Crippen LogP contribution is -2.14. The number of halogens is 3. The van der Waals surface area contributed by atoms with Crippen molar-refractivity contribution in [1.29, 1.82) is 0 Å². The van der Waals surface area contributed by atoms with Crippen molar-refractivity contribution in [1.82, 2.24) is 19.7 Å².